The zero-order valence-electron chi connectivity index (χ0n) is 15.4. The van der Waals surface area contributed by atoms with Crippen molar-refractivity contribution >= 4 is 28.5 Å². The van der Waals surface area contributed by atoms with Gasteiger partial charge < -0.3 is 11.1 Å². The van der Waals surface area contributed by atoms with E-state index in [2.05, 4.69) is 20.3 Å². The Balaban J connectivity index is 1.89. The van der Waals surface area contributed by atoms with Crippen LogP contribution in [-0.4, -0.2) is 32.5 Å². The Bertz CT molecular complexity index is 956. The Hall–Kier alpha value is -2.69. The van der Waals surface area contributed by atoms with Gasteiger partial charge in [-0.1, -0.05) is 11.8 Å². The number of hydrogen-bond acceptors (Lipinski definition) is 6. The molecule has 29 heavy (non-hydrogen) atoms. The Kier molecular flexibility index (Phi) is 5.78. The van der Waals surface area contributed by atoms with E-state index in [1.807, 2.05) is 0 Å². The topological polar surface area (TPSA) is 93.3 Å². The van der Waals surface area contributed by atoms with Gasteiger partial charge in [-0.15, -0.1) is 0 Å². The summed E-state index contributed by atoms with van der Waals surface area (Å²) in [6.45, 7) is 3.06. The Labute approximate surface area is 168 Å². The molecule has 2 heterocycles. The van der Waals surface area contributed by atoms with Gasteiger partial charge in [0.05, 0.1) is 12.4 Å². The summed E-state index contributed by atoms with van der Waals surface area (Å²) < 4.78 is 54.5. The van der Waals surface area contributed by atoms with Crippen LogP contribution in [0.5, 0.6) is 0 Å². The lowest BCUT2D eigenvalue weighted by Gasteiger charge is -2.37. The van der Waals surface area contributed by atoms with Crippen LogP contribution in [0, 0.1) is 5.82 Å². The van der Waals surface area contributed by atoms with Crippen LogP contribution in [0.3, 0.4) is 0 Å². The number of alkyl halides is 3. The fraction of sp³-hybridized carbons (Fsp3) is 0.333. The summed E-state index contributed by atoms with van der Waals surface area (Å²) in [6, 6.07) is 3.62. The monoisotopic (exact) mass is 427 g/mol. The molecule has 1 aromatic carbocycles. The lowest BCUT2D eigenvalue weighted by atomic mass is 9.85. The van der Waals surface area contributed by atoms with Crippen molar-refractivity contribution in [2.24, 2.45) is 10.7 Å². The molecular formula is C18H17F4N5OS. The van der Waals surface area contributed by atoms with E-state index >= 15 is 0 Å². The molecule has 1 aliphatic rings. The lowest BCUT2D eigenvalue weighted by molar-refractivity contribution is 0.102. The molecule has 1 aromatic heterocycles. The molecule has 3 rings (SSSR count). The summed E-state index contributed by atoms with van der Waals surface area (Å²) in [7, 11) is 0. The van der Waals surface area contributed by atoms with Gasteiger partial charge in [0.15, 0.2) is 5.17 Å². The molecule has 11 heteroatoms. The number of anilines is 1. The normalized spacial score (nSPS) is 24.3. The Morgan fingerprint density at radius 3 is 2.66 bits per heavy atom. The predicted molar refractivity (Wildman–Crippen MR) is 102 cm³/mol. The van der Waals surface area contributed by atoms with Gasteiger partial charge in [0, 0.05) is 16.5 Å². The van der Waals surface area contributed by atoms with Crippen molar-refractivity contribution in [3.05, 3.63) is 53.4 Å². The van der Waals surface area contributed by atoms with Crippen LogP contribution in [0.4, 0.5) is 23.2 Å². The second-order valence-electron chi connectivity index (χ2n) is 6.60. The first kappa shape index (κ1) is 21.0. The number of carbonyl (C=O) groups excluding carboxylic acids is 1. The average molecular weight is 427 g/mol. The average Bonchev–Trinajstić information content (AvgIpc) is 2.67. The molecule has 0 saturated carbocycles. The summed E-state index contributed by atoms with van der Waals surface area (Å²) in [4.78, 5) is 23.5. The number of halogens is 4. The van der Waals surface area contributed by atoms with Crippen LogP contribution in [0.15, 0.2) is 35.6 Å². The highest BCUT2D eigenvalue weighted by atomic mass is 32.2. The molecule has 0 fully saturated rings. The Morgan fingerprint density at radius 2 is 2.03 bits per heavy atom. The fourth-order valence-corrected chi connectivity index (χ4v) is 3.99. The second kappa shape index (κ2) is 7.97. The van der Waals surface area contributed by atoms with E-state index in [-0.39, 0.29) is 22.1 Å². The van der Waals surface area contributed by atoms with E-state index < -0.39 is 40.8 Å². The number of hydrogen-bond donors (Lipinski definition) is 2. The molecule has 0 saturated heterocycles. The molecule has 6 nitrogen and oxygen atoms in total. The van der Waals surface area contributed by atoms with Crippen LogP contribution in [-0.2, 0) is 5.54 Å². The van der Waals surface area contributed by atoms with Gasteiger partial charge in [-0.2, -0.15) is 0 Å². The number of nitrogens with zero attached hydrogens (tertiary/aromatic N) is 3. The molecule has 1 amide bonds. The van der Waals surface area contributed by atoms with Gasteiger partial charge in [-0.3, -0.25) is 9.78 Å². The molecule has 2 aromatic rings. The smallest absolute Gasteiger partial charge is 0.281 e. The highest BCUT2D eigenvalue weighted by Crippen LogP contribution is 2.42. The maximum absolute atomic E-state index is 14.9. The van der Waals surface area contributed by atoms with Gasteiger partial charge >= 0.3 is 0 Å². The van der Waals surface area contributed by atoms with Gasteiger partial charge in [0.1, 0.15) is 28.9 Å². The third kappa shape index (κ3) is 4.19. The number of nitrogens with two attached hydrogens (primary N) is 1. The summed E-state index contributed by atoms with van der Waals surface area (Å²) >= 11 is 1.06. The van der Waals surface area contributed by atoms with Crippen LogP contribution in [0.1, 0.15) is 42.0 Å². The minimum atomic E-state index is -2.81. The third-order valence-electron chi connectivity index (χ3n) is 4.50. The number of amidine groups is 1. The molecule has 1 aliphatic heterocycles. The van der Waals surface area contributed by atoms with Crippen molar-refractivity contribution in [1.82, 2.24) is 9.97 Å². The van der Waals surface area contributed by atoms with Crippen molar-refractivity contribution in [2.75, 3.05) is 5.32 Å². The van der Waals surface area contributed by atoms with Gasteiger partial charge in [-0.05, 0) is 32.0 Å². The largest absolute Gasteiger partial charge is 0.379 e. The number of aromatic nitrogens is 2. The SMILES string of the molecule is C[C@H]1SC(N)=N[C@](C)(c2cc(NC(=O)c3cnc(C(F)F)cn3)ccc2F)[C@H]1F. The fourth-order valence-electron chi connectivity index (χ4n) is 2.99. The van der Waals surface area contributed by atoms with E-state index in [1.54, 1.807) is 6.92 Å². The summed E-state index contributed by atoms with van der Waals surface area (Å²) in [5.74, 6) is -1.45. The molecule has 3 atom stereocenters. The maximum Gasteiger partial charge on any atom is 0.281 e. The number of thioether (sulfide) groups is 1. The molecule has 0 spiro atoms. The minimum absolute atomic E-state index is 0.0722. The first-order valence-corrected chi connectivity index (χ1v) is 9.37. The zero-order chi connectivity index (χ0) is 21.3. The third-order valence-corrected chi connectivity index (χ3v) is 5.44. The molecule has 3 N–H and O–H groups in total. The predicted octanol–water partition coefficient (Wildman–Crippen LogP) is 3.81. The van der Waals surface area contributed by atoms with Crippen LogP contribution >= 0.6 is 11.8 Å². The maximum atomic E-state index is 14.9. The van der Waals surface area contributed by atoms with Crippen LogP contribution in [0.25, 0.3) is 0 Å². The molecule has 0 aliphatic carbocycles. The summed E-state index contributed by atoms with van der Waals surface area (Å²) in [6.07, 6.45) is -2.63. The van der Waals surface area contributed by atoms with Crippen molar-refractivity contribution in [3.8, 4) is 0 Å². The number of benzene rings is 1. The van der Waals surface area contributed by atoms with Crippen LogP contribution < -0.4 is 11.1 Å². The number of amides is 1. The number of nitrogens with one attached hydrogen (secondary N) is 1. The van der Waals surface area contributed by atoms with E-state index in [1.165, 1.54) is 19.1 Å². The first-order chi connectivity index (χ1) is 13.6. The second-order valence-corrected chi connectivity index (χ2v) is 8.00. The molecular weight excluding hydrogens is 410 g/mol. The number of aliphatic imine (C=N–C) groups is 1. The minimum Gasteiger partial charge on any atom is -0.379 e. The van der Waals surface area contributed by atoms with Crippen molar-refractivity contribution in [1.29, 1.82) is 0 Å². The quantitative estimate of drug-likeness (QED) is 0.724. The Morgan fingerprint density at radius 1 is 1.31 bits per heavy atom. The first-order valence-electron chi connectivity index (χ1n) is 8.49. The molecule has 0 unspecified atom stereocenters. The van der Waals surface area contributed by atoms with Crippen molar-refractivity contribution < 1.29 is 22.4 Å². The lowest BCUT2D eigenvalue weighted by Crippen LogP contribution is -2.44. The summed E-state index contributed by atoms with van der Waals surface area (Å²) in [5, 5.41) is 2.06. The van der Waals surface area contributed by atoms with Gasteiger partial charge in [0.2, 0.25) is 0 Å². The van der Waals surface area contributed by atoms with Crippen LogP contribution in [0.2, 0.25) is 0 Å². The number of carbonyl (C=O) groups is 1. The van der Waals surface area contributed by atoms with Crippen molar-refractivity contribution in [2.45, 2.75) is 37.2 Å². The van der Waals surface area contributed by atoms with Gasteiger partial charge in [0.25, 0.3) is 12.3 Å². The standard InChI is InChI=1S/C18H17F4N5OS/c1-8-14(20)18(2,27-17(23)29-8)10-5-9(3-4-11(10)19)26-16(28)13-7-24-12(6-25-13)15(21)22/h3-8,14-15H,1-2H3,(H2,23,27)(H,26,28)/t8-,14+,18-/m1/s1. The zero-order valence-corrected chi connectivity index (χ0v) is 16.2. The van der Waals surface area contributed by atoms with Gasteiger partial charge in [-0.25, -0.2) is 27.5 Å². The molecule has 0 bridgehead atoms. The summed E-state index contributed by atoms with van der Waals surface area (Å²) in [5.41, 5.74) is 3.50. The van der Waals surface area contributed by atoms with E-state index in [9.17, 15) is 22.4 Å². The highest BCUT2D eigenvalue weighted by Gasteiger charge is 2.45. The molecule has 154 valence electrons. The number of rotatable bonds is 4. The van der Waals surface area contributed by atoms with Crippen molar-refractivity contribution in [3.63, 3.8) is 0 Å². The van der Waals surface area contributed by atoms with E-state index in [4.69, 9.17) is 5.73 Å². The molecule has 0 radical (unpaired) electrons. The highest BCUT2D eigenvalue weighted by molar-refractivity contribution is 8.14. The van der Waals surface area contributed by atoms with E-state index in [0.29, 0.717) is 0 Å². The van der Waals surface area contributed by atoms with E-state index in [0.717, 1.165) is 30.2 Å².